The minimum atomic E-state index is 0.765. The fourth-order valence-corrected chi connectivity index (χ4v) is 1.53. The molecule has 0 unspecified atom stereocenters. The summed E-state index contributed by atoms with van der Waals surface area (Å²) in [6.07, 6.45) is 4.06. The standard InChI is InChI=1S/C6H8OS2/c1-2-5-8-9-6-3-4-7/h2-4,6H,1,5H2. The highest BCUT2D eigenvalue weighted by molar-refractivity contribution is 8.77. The van der Waals surface area contributed by atoms with Gasteiger partial charge in [-0.05, 0) is 11.5 Å². The zero-order valence-corrected chi connectivity index (χ0v) is 6.58. The molecular weight excluding hydrogens is 152 g/mol. The van der Waals surface area contributed by atoms with Crippen molar-refractivity contribution in [3.8, 4) is 0 Å². The summed E-state index contributed by atoms with van der Waals surface area (Å²) in [6.45, 7) is 3.55. The van der Waals surface area contributed by atoms with Crippen LogP contribution in [0.5, 0.6) is 0 Å². The summed E-state index contributed by atoms with van der Waals surface area (Å²) in [7, 11) is 3.18. The predicted molar refractivity (Wildman–Crippen MR) is 45.5 cm³/mol. The highest BCUT2D eigenvalue weighted by Crippen LogP contribution is 2.21. The Morgan fingerprint density at radius 3 is 2.89 bits per heavy atom. The van der Waals surface area contributed by atoms with Gasteiger partial charge in [0, 0.05) is 5.75 Å². The van der Waals surface area contributed by atoms with Crippen molar-refractivity contribution in [2.24, 2.45) is 0 Å². The summed E-state index contributed by atoms with van der Waals surface area (Å²) in [4.78, 5) is 9.71. The molecule has 1 nitrogen and oxygen atoms in total. The van der Waals surface area contributed by atoms with Crippen molar-refractivity contribution in [2.45, 2.75) is 0 Å². The lowest BCUT2D eigenvalue weighted by Gasteiger charge is -1.85. The first-order valence-corrected chi connectivity index (χ1v) is 4.79. The van der Waals surface area contributed by atoms with Gasteiger partial charge in [0.25, 0.3) is 0 Å². The maximum absolute atomic E-state index is 9.71. The summed E-state index contributed by atoms with van der Waals surface area (Å²) >= 11 is 0. The molecule has 0 saturated heterocycles. The van der Waals surface area contributed by atoms with Crippen LogP contribution in [-0.4, -0.2) is 12.0 Å². The van der Waals surface area contributed by atoms with Crippen molar-refractivity contribution in [3.05, 3.63) is 24.1 Å². The molecule has 0 fully saturated rings. The maximum atomic E-state index is 9.71. The Morgan fingerprint density at radius 2 is 2.33 bits per heavy atom. The Kier molecular flexibility index (Phi) is 7.72. The number of hydrogen-bond donors (Lipinski definition) is 0. The van der Waals surface area contributed by atoms with Gasteiger partial charge in [0.05, 0.1) is 0 Å². The van der Waals surface area contributed by atoms with Gasteiger partial charge in [-0.1, -0.05) is 27.7 Å². The van der Waals surface area contributed by atoms with E-state index in [0.717, 1.165) is 12.0 Å². The van der Waals surface area contributed by atoms with Gasteiger partial charge < -0.3 is 0 Å². The minimum Gasteiger partial charge on any atom is -0.299 e. The van der Waals surface area contributed by atoms with Crippen molar-refractivity contribution in [3.63, 3.8) is 0 Å². The molecule has 0 aliphatic heterocycles. The molecule has 0 aliphatic carbocycles. The summed E-state index contributed by atoms with van der Waals surface area (Å²) in [6, 6.07) is 0. The highest BCUT2D eigenvalue weighted by atomic mass is 33.1. The Balaban J connectivity index is 2.98. The van der Waals surface area contributed by atoms with E-state index < -0.39 is 0 Å². The van der Waals surface area contributed by atoms with Gasteiger partial charge in [0.15, 0.2) is 0 Å². The van der Waals surface area contributed by atoms with Crippen LogP contribution in [-0.2, 0) is 4.79 Å². The van der Waals surface area contributed by atoms with E-state index in [1.165, 1.54) is 16.9 Å². The number of carbonyl (C=O) groups is 1. The molecule has 0 amide bonds. The third-order valence-electron chi connectivity index (χ3n) is 0.467. The third kappa shape index (κ3) is 7.85. The average Bonchev–Trinajstić information content (AvgIpc) is 1.89. The van der Waals surface area contributed by atoms with Gasteiger partial charge in [-0.2, -0.15) is 0 Å². The van der Waals surface area contributed by atoms with E-state index in [4.69, 9.17) is 0 Å². The molecule has 50 valence electrons. The molecule has 0 aromatic carbocycles. The van der Waals surface area contributed by atoms with Crippen molar-refractivity contribution in [1.29, 1.82) is 0 Å². The van der Waals surface area contributed by atoms with Gasteiger partial charge in [0.2, 0.25) is 0 Å². The lowest BCUT2D eigenvalue weighted by molar-refractivity contribution is -0.104. The van der Waals surface area contributed by atoms with Crippen LogP contribution < -0.4 is 0 Å². The Bertz CT molecular complexity index is 110. The SMILES string of the molecule is C=CCSSC=CC=O. The number of rotatable bonds is 5. The normalized spacial score (nSPS) is 9.78. The first kappa shape index (κ1) is 8.85. The van der Waals surface area contributed by atoms with Crippen LogP contribution in [0, 0.1) is 0 Å². The molecule has 0 aromatic heterocycles. The topological polar surface area (TPSA) is 17.1 Å². The average molecular weight is 160 g/mol. The molecule has 0 aliphatic rings. The molecule has 0 aromatic rings. The van der Waals surface area contributed by atoms with Gasteiger partial charge >= 0.3 is 0 Å². The van der Waals surface area contributed by atoms with Crippen molar-refractivity contribution in [1.82, 2.24) is 0 Å². The molecule has 9 heavy (non-hydrogen) atoms. The lowest BCUT2D eigenvalue weighted by Crippen LogP contribution is -1.59. The number of hydrogen-bond acceptors (Lipinski definition) is 3. The molecule has 0 saturated carbocycles. The zero-order valence-electron chi connectivity index (χ0n) is 4.95. The second kappa shape index (κ2) is 7.85. The molecule has 0 bridgehead atoms. The Labute approximate surface area is 63.0 Å². The fourth-order valence-electron chi connectivity index (χ4n) is 0.191. The Hall–Kier alpha value is -0.150. The third-order valence-corrected chi connectivity index (χ3v) is 2.39. The smallest absolute Gasteiger partial charge is 0.143 e. The van der Waals surface area contributed by atoms with Crippen LogP contribution in [0.3, 0.4) is 0 Å². The molecule has 0 radical (unpaired) electrons. The van der Waals surface area contributed by atoms with Crippen molar-refractivity contribution in [2.75, 3.05) is 5.75 Å². The molecule has 0 N–H and O–H groups in total. The van der Waals surface area contributed by atoms with Gasteiger partial charge in [0.1, 0.15) is 6.29 Å². The second-order valence-electron chi connectivity index (χ2n) is 1.13. The van der Waals surface area contributed by atoms with Crippen LogP contribution in [0.1, 0.15) is 0 Å². The fraction of sp³-hybridized carbons (Fsp3) is 0.167. The lowest BCUT2D eigenvalue weighted by atomic mass is 10.7. The maximum Gasteiger partial charge on any atom is 0.143 e. The van der Waals surface area contributed by atoms with Crippen LogP contribution >= 0.6 is 21.6 Å². The van der Waals surface area contributed by atoms with Crippen LogP contribution in [0.2, 0.25) is 0 Å². The first-order chi connectivity index (χ1) is 4.41. The number of allylic oxidation sites excluding steroid dienone is 1. The molecule has 3 heteroatoms. The summed E-state index contributed by atoms with van der Waals surface area (Å²) in [5, 5.41) is 1.75. The van der Waals surface area contributed by atoms with E-state index in [1.54, 1.807) is 16.2 Å². The Morgan fingerprint density at radius 1 is 1.56 bits per heavy atom. The molecule has 0 spiro atoms. The first-order valence-electron chi connectivity index (χ1n) is 2.41. The van der Waals surface area contributed by atoms with Gasteiger partial charge in [-0.25, -0.2) is 0 Å². The summed E-state index contributed by atoms with van der Waals surface area (Å²) in [5.41, 5.74) is 0. The number of aldehydes is 1. The van der Waals surface area contributed by atoms with Crippen LogP contribution in [0.25, 0.3) is 0 Å². The summed E-state index contributed by atoms with van der Waals surface area (Å²) < 4.78 is 0. The number of carbonyl (C=O) groups excluding carboxylic acids is 1. The zero-order chi connectivity index (χ0) is 6.95. The van der Waals surface area contributed by atoms with Gasteiger partial charge in [-0.3, -0.25) is 4.79 Å². The largest absolute Gasteiger partial charge is 0.299 e. The molecular formula is C6H8OS2. The van der Waals surface area contributed by atoms with E-state index in [0.29, 0.717) is 0 Å². The van der Waals surface area contributed by atoms with E-state index >= 15 is 0 Å². The van der Waals surface area contributed by atoms with E-state index in [2.05, 4.69) is 6.58 Å². The quantitative estimate of drug-likeness (QED) is 0.202. The van der Waals surface area contributed by atoms with E-state index in [1.807, 2.05) is 6.08 Å². The highest BCUT2D eigenvalue weighted by Gasteiger charge is 1.77. The van der Waals surface area contributed by atoms with Gasteiger partial charge in [-0.15, -0.1) is 6.58 Å². The van der Waals surface area contributed by atoms with Crippen LogP contribution in [0.15, 0.2) is 24.1 Å². The molecule has 0 atom stereocenters. The monoisotopic (exact) mass is 160 g/mol. The summed E-state index contributed by atoms with van der Waals surface area (Å²) in [5.74, 6) is 0.911. The van der Waals surface area contributed by atoms with Crippen LogP contribution in [0.4, 0.5) is 0 Å². The molecule has 0 heterocycles. The molecule has 0 rings (SSSR count). The van der Waals surface area contributed by atoms with Crippen molar-refractivity contribution >= 4 is 27.9 Å². The van der Waals surface area contributed by atoms with Crippen molar-refractivity contribution < 1.29 is 4.79 Å². The second-order valence-corrected chi connectivity index (χ2v) is 3.45. The predicted octanol–water partition coefficient (Wildman–Crippen LogP) is 2.27. The minimum absolute atomic E-state index is 0.765. The van der Waals surface area contributed by atoms with E-state index in [9.17, 15) is 4.79 Å². The van der Waals surface area contributed by atoms with E-state index in [-0.39, 0.29) is 0 Å².